The van der Waals surface area contributed by atoms with Crippen LogP contribution in [0.5, 0.6) is 0 Å². The average molecular weight is 491 g/mol. The number of alkyl halides is 3. The number of nitrogens with one attached hydrogen (secondary N) is 1. The minimum absolute atomic E-state index is 0.0326. The van der Waals surface area contributed by atoms with E-state index in [2.05, 4.69) is 6.58 Å². The Hall–Kier alpha value is -1.59. The van der Waals surface area contributed by atoms with Crippen LogP contribution in [0.25, 0.3) is 0 Å². The molecule has 0 radical (unpaired) electrons. The normalized spacial score (nSPS) is 26.3. The highest BCUT2D eigenvalue weighted by molar-refractivity contribution is 6.76. The summed E-state index contributed by atoms with van der Waals surface area (Å²) in [5, 5.41) is 7.79. The van der Waals surface area contributed by atoms with Crippen molar-refractivity contribution in [2.75, 3.05) is 13.2 Å². The number of esters is 3. The lowest BCUT2D eigenvalue weighted by Crippen LogP contribution is -2.63. The Balaban J connectivity index is 3.33. The molecule has 0 aliphatic carbocycles. The van der Waals surface area contributed by atoms with Crippen LogP contribution in [0.3, 0.4) is 0 Å². The fraction of sp³-hybridized carbons (Fsp3) is 0.647. The minimum Gasteiger partial charge on any atom is -0.463 e. The van der Waals surface area contributed by atoms with Crippen LogP contribution >= 0.6 is 34.8 Å². The van der Waals surface area contributed by atoms with Crippen LogP contribution in [0.1, 0.15) is 20.8 Å². The van der Waals surface area contributed by atoms with Crippen molar-refractivity contribution in [3.05, 3.63) is 12.7 Å². The predicted octanol–water partition coefficient (Wildman–Crippen LogP) is 2.07. The molecule has 1 fully saturated rings. The zero-order valence-electron chi connectivity index (χ0n) is 16.4. The van der Waals surface area contributed by atoms with Gasteiger partial charge in [0.05, 0.1) is 6.61 Å². The molecule has 1 unspecified atom stereocenters. The Morgan fingerprint density at radius 1 is 1.00 bits per heavy atom. The number of halogens is 3. The summed E-state index contributed by atoms with van der Waals surface area (Å²) >= 11 is 16.9. The van der Waals surface area contributed by atoms with E-state index >= 15 is 0 Å². The number of ether oxygens (including phenoxy) is 6. The summed E-state index contributed by atoms with van der Waals surface area (Å²) in [6.45, 7) is 6.57. The summed E-state index contributed by atoms with van der Waals surface area (Å²) in [5.41, 5.74) is 0. The lowest BCUT2D eigenvalue weighted by atomic mass is 9.98. The zero-order chi connectivity index (χ0) is 23.1. The van der Waals surface area contributed by atoms with Crippen LogP contribution in [-0.4, -0.2) is 71.5 Å². The van der Waals surface area contributed by atoms with E-state index in [4.69, 9.17) is 68.6 Å². The van der Waals surface area contributed by atoms with E-state index in [-0.39, 0.29) is 13.2 Å². The first-order valence-corrected chi connectivity index (χ1v) is 9.68. The van der Waals surface area contributed by atoms with Gasteiger partial charge >= 0.3 is 17.9 Å². The highest BCUT2D eigenvalue weighted by Gasteiger charge is 2.53. The molecule has 170 valence electrons. The number of hydrogen-bond acceptors (Lipinski definition) is 10. The van der Waals surface area contributed by atoms with Crippen LogP contribution in [0.15, 0.2) is 12.7 Å². The molecule has 1 N–H and O–H groups in total. The Morgan fingerprint density at radius 2 is 1.57 bits per heavy atom. The maximum absolute atomic E-state index is 11.7. The number of rotatable bonds is 8. The molecule has 30 heavy (non-hydrogen) atoms. The lowest BCUT2D eigenvalue weighted by Gasteiger charge is -2.44. The fourth-order valence-corrected chi connectivity index (χ4v) is 2.64. The van der Waals surface area contributed by atoms with Gasteiger partial charge in [0.25, 0.3) is 3.79 Å². The van der Waals surface area contributed by atoms with Gasteiger partial charge in [-0.05, 0) is 0 Å². The van der Waals surface area contributed by atoms with E-state index in [9.17, 15) is 14.4 Å². The van der Waals surface area contributed by atoms with Crippen molar-refractivity contribution < 1.29 is 42.8 Å². The molecular formula is C17H22Cl3NO9. The Morgan fingerprint density at radius 3 is 2.03 bits per heavy atom. The molecule has 1 saturated heterocycles. The molecule has 10 nitrogen and oxygen atoms in total. The zero-order valence-corrected chi connectivity index (χ0v) is 18.7. The van der Waals surface area contributed by atoms with Crippen molar-refractivity contribution in [1.82, 2.24) is 0 Å². The van der Waals surface area contributed by atoms with Gasteiger partial charge in [0, 0.05) is 20.8 Å². The van der Waals surface area contributed by atoms with E-state index in [1.807, 2.05) is 0 Å². The smallest absolute Gasteiger partial charge is 0.303 e. The van der Waals surface area contributed by atoms with Crippen LogP contribution in [-0.2, 0) is 42.8 Å². The fourth-order valence-electron chi connectivity index (χ4n) is 2.51. The topological polar surface area (TPSA) is 130 Å². The highest BCUT2D eigenvalue weighted by atomic mass is 35.6. The van der Waals surface area contributed by atoms with E-state index in [1.54, 1.807) is 0 Å². The Labute approximate surface area is 188 Å². The number of carbonyl (C=O) groups is 3. The lowest BCUT2D eigenvalue weighted by molar-refractivity contribution is -0.295. The second kappa shape index (κ2) is 11.7. The standard InChI is InChI=1S/C17H22Cl3NO9/c1-5-6-25-13-12(27-9(3)23)11(7-26-8(2)22)29-15(14(13)28-10(4)24)30-16(21)17(18,19)20/h5,11-15,21H,1,6-7H2,2-4H3/t11-,12-,13+,14-,15?/m1/s1. The van der Waals surface area contributed by atoms with Gasteiger partial charge in [-0.15, -0.1) is 6.58 Å². The predicted molar refractivity (Wildman–Crippen MR) is 105 cm³/mol. The maximum atomic E-state index is 11.7. The Bertz CT molecular complexity index is 667. The van der Waals surface area contributed by atoms with E-state index in [1.165, 1.54) is 13.0 Å². The molecule has 0 amide bonds. The van der Waals surface area contributed by atoms with E-state index in [0.29, 0.717) is 0 Å². The molecule has 13 heteroatoms. The molecule has 1 heterocycles. The maximum Gasteiger partial charge on any atom is 0.303 e. The van der Waals surface area contributed by atoms with Crippen molar-refractivity contribution in [2.24, 2.45) is 0 Å². The third kappa shape index (κ3) is 8.27. The molecule has 0 bridgehead atoms. The summed E-state index contributed by atoms with van der Waals surface area (Å²) in [7, 11) is 0. The molecule has 5 atom stereocenters. The van der Waals surface area contributed by atoms with E-state index < -0.39 is 58.3 Å². The minimum atomic E-state index is -2.24. The molecular weight excluding hydrogens is 469 g/mol. The van der Waals surface area contributed by atoms with Gasteiger partial charge in [0.15, 0.2) is 12.2 Å². The van der Waals surface area contributed by atoms with Gasteiger partial charge in [0.2, 0.25) is 12.2 Å². The highest BCUT2D eigenvalue weighted by Crippen LogP contribution is 2.33. The second-order valence-electron chi connectivity index (χ2n) is 6.02. The first-order chi connectivity index (χ1) is 13.9. The molecule has 1 aliphatic heterocycles. The summed E-state index contributed by atoms with van der Waals surface area (Å²) in [6.07, 6.45) is -4.89. The summed E-state index contributed by atoms with van der Waals surface area (Å²) in [4.78, 5) is 34.6. The first kappa shape index (κ1) is 26.4. The van der Waals surface area contributed by atoms with Gasteiger partial charge in [0.1, 0.15) is 18.8 Å². The van der Waals surface area contributed by atoms with Crippen molar-refractivity contribution in [3.8, 4) is 0 Å². The number of carbonyl (C=O) groups excluding carboxylic acids is 3. The summed E-state index contributed by atoms with van der Waals surface area (Å²) < 4.78 is 29.8. The molecule has 0 spiro atoms. The van der Waals surface area contributed by atoms with Crippen LogP contribution in [0.2, 0.25) is 0 Å². The first-order valence-electron chi connectivity index (χ1n) is 8.55. The Kier molecular flexibility index (Phi) is 10.3. The van der Waals surface area contributed by atoms with Gasteiger partial charge in [-0.2, -0.15) is 0 Å². The van der Waals surface area contributed by atoms with Gasteiger partial charge in [-0.1, -0.05) is 40.9 Å². The number of hydrogen-bond donors (Lipinski definition) is 1. The molecule has 1 rings (SSSR count). The molecule has 0 aromatic rings. The van der Waals surface area contributed by atoms with E-state index in [0.717, 1.165) is 13.8 Å². The van der Waals surface area contributed by atoms with Crippen molar-refractivity contribution >= 4 is 58.6 Å². The van der Waals surface area contributed by atoms with Crippen LogP contribution in [0, 0.1) is 5.41 Å². The monoisotopic (exact) mass is 489 g/mol. The van der Waals surface area contributed by atoms with Crippen LogP contribution in [0.4, 0.5) is 0 Å². The molecule has 0 aromatic heterocycles. The average Bonchev–Trinajstić information content (AvgIpc) is 2.60. The second-order valence-corrected chi connectivity index (χ2v) is 8.31. The largest absolute Gasteiger partial charge is 0.463 e. The van der Waals surface area contributed by atoms with Crippen LogP contribution < -0.4 is 0 Å². The molecule has 1 aliphatic rings. The third-order valence-corrected chi connectivity index (χ3v) is 4.06. The van der Waals surface area contributed by atoms with Crippen molar-refractivity contribution in [3.63, 3.8) is 0 Å². The van der Waals surface area contributed by atoms with Crippen molar-refractivity contribution in [2.45, 2.75) is 55.3 Å². The quantitative estimate of drug-likeness (QED) is 0.136. The molecule has 0 saturated carbocycles. The SMILES string of the molecule is C=CCO[C@H]1[C@H](OC(C)=O)[C@@H](COC(C)=O)OC(OC(=N)C(Cl)(Cl)Cl)[C@@H]1OC(C)=O. The third-order valence-electron chi connectivity index (χ3n) is 3.54. The summed E-state index contributed by atoms with van der Waals surface area (Å²) in [6, 6.07) is 0. The van der Waals surface area contributed by atoms with Gasteiger partial charge < -0.3 is 28.4 Å². The van der Waals surface area contributed by atoms with Crippen molar-refractivity contribution in [1.29, 1.82) is 5.41 Å². The van der Waals surface area contributed by atoms with Gasteiger partial charge in [-0.25, -0.2) is 0 Å². The molecule has 0 aromatic carbocycles. The summed E-state index contributed by atoms with van der Waals surface area (Å²) in [5.74, 6) is -2.89. The van der Waals surface area contributed by atoms with Gasteiger partial charge in [-0.3, -0.25) is 19.8 Å².